The molecule has 2 rings (SSSR count). The number of carbonyl (C=O) groups excluding carboxylic acids is 1. The first-order chi connectivity index (χ1) is 10.6. The molecule has 1 aliphatic carbocycles. The summed E-state index contributed by atoms with van der Waals surface area (Å²) in [5.74, 6) is 1.06. The average Bonchev–Trinajstić information content (AvgIpc) is 2.52. The van der Waals surface area contributed by atoms with Gasteiger partial charge >= 0.3 is 0 Å². The van der Waals surface area contributed by atoms with Crippen LogP contribution in [0.3, 0.4) is 0 Å². The lowest BCUT2D eigenvalue weighted by atomic mass is 9.94. The number of allylic oxidation sites excluding steroid dienone is 5. The second kappa shape index (κ2) is 7.79. The van der Waals surface area contributed by atoms with Crippen LogP contribution in [0.5, 0.6) is 5.75 Å². The van der Waals surface area contributed by atoms with Crippen LogP contribution < -0.4 is 4.74 Å². The molecule has 0 aliphatic heterocycles. The zero-order chi connectivity index (χ0) is 15.9. The van der Waals surface area contributed by atoms with Crippen molar-refractivity contribution < 1.29 is 9.53 Å². The zero-order valence-electron chi connectivity index (χ0n) is 13.5. The van der Waals surface area contributed by atoms with Crippen molar-refractivity contribution in [2.24, 2.45) is 0 Å². The highest BCUT2D eigenvalue weighted by Gasteiger charge is 2.11. The number of ketones is 1. The van der Waals surface area contributed by atoms with Crippen molar-refractivity contribution in [3.05, 3.63) is 59.7 Å². The number of carbonyl (C=O) groups is 1. The van der Waals surface area contributed by atoms with Gasteiger partial charge in [-0.2, -0.15) is 0 Å². The van der Waals surface area contributed by atoms with Crippen molar-refractivity contribution in [1.82, 2.24) is 0 Å². The highest BCUT2D eigenvalue weighted by atomic mass is 16.5. The summed E-state index contributed by atoms with van der Waals surface area (Å²) in [5.41, 5.74) is 4.36. The lowest BCUT2D eigenvalue weighted by molar-refractivity contribution is -0.117. The molecule has 1 aliphatic rings. The maximum atomic E-state index is 11.0. The van der Waals surface area contributed by atoms with Crippen molar-refractivity contribution in [2.75, 3.05) is 6.61 Å². The Morgan fingerprint density at radius 2 is 2.14 bits per heavy atom. The monoisotopic (exact) mass is 296 g/mol. The standard InChI is InChI=1S/C20H24O2/c1-15-11-12-19(17(3)18-9-5-4-6-10-18)20(14-15)22-13-7-8-16(2)21/h5,9-12,14H,3-4,6-8,13H2,1-2H3. The molecule has 0 bridgehead atoms. The van der Waals surface area contributed by atoms with Crippen LogP contribution in [-0.2, 0) is 4.79 Å². The van der Waals surface area contributed by atoms with E-state index in [9.17, 15) is 4.79 Å². The number of benzene rings is 1. The van der Waals surface area contributed by atoms with Crippen molar-refractivity contribution in [1.29, 1.82) is 0 Å². The Labute approximate surface area is 133 Å². The molecule has 0 amide bonds. The predicted octanol–water partition coefficient (Wildman–Crippen LogP) is 5.03. The topological polar surface area (TPSA) is 26.3 Å². The minimum Gasteiger partial charge on any atom is -0.493 e. The van der Waals surface area contributed by atoms with E-state index in [1.54, 1.807) is 6.92 Å². The molecule has 0 spiro atoms. The van der Waals surface area contributed by atoms with Crippen molar-refractivity contribution in [3.63, 3.8) is 0 Å². The number of ether oxygens (including phenoxy) is 1. The van der Waals surface area contributed by atoms with Gasteiger partial charge in [-0.3, -0.25) is 0 Å². The number of hydrogen-bond acceptors (Lipinski definition) is 2. The normalized spacial score (nSPS) is 13.6. The summed E-state index contributed by atoms with van der Waals surface area (Å²) in [5, 5.41) is 0. The molecule has 0 radical (unpaired) electrons. The first-order valence-electron chi connectivity index (χ1n) is 7.87. The predicted molar refractivity (Wildman–Crippen MR) is 92.1 cm³/mol. The van der Waals surface area contributed by atoms with Crippen molar-refractivity contribution >= 4 is 11.4 Å². The number of Topliss-reactive ketones (excluding diaryl/α,β-unsaturated/α-hetero) is 1. The van der Waals surface area contributed by atoms with Crippen molar-refractivity contribution in [3.8, 4) is 5.75 Å². The van der Waals surface area contributed by atoms with Gasteiger partial charge in [-0.25, -0.2) is 0 Å². The van der Waals surface area contributed by atoms with E-state index in [2.05, 4.69) is 43.9 Å². The fourth-order valence-corrected chi connectivity index (χ4v) is 2.49. The van der Waals surface area contributed by atoms with Gasteiger partial charge in [0.05, 0.1) is 6.61 Å². The Balaban J connectivity index is 2.13. The largest absolute Gasteiger partial charge is 0.493 e. The second-order valence-electron chi connectivity index (χ2n) is 5.77. The second-order valence-corrected chi connectivity index (χ2v) is 5.77. The van der Waals surface area contributed by atoms with Gasteiger partial charge < -0.3 is 9.53 Å². The third kappa shape index (κ3) is 4.45. The lowest BCUT2D eigenvalue weighted by Gasteiger charge is -2.16. The Morgan fingerprint density at radius 1 is 1.32 bits per heavy atom. The quantitative estimate of drug-likeness (QED) is 0.659. The van der Waals surface area contributed by atoms with Crippen LogP contribution in [0.25, 0.3) is 5.57 Å². The van der Waals surface area contributed by atoms with Crippen LogP contribution in [0.15, 0.2) is 48.6 Å². The van der Waals surface area contributed by atoms with Gasteiger partial charge in [0.1, 0.15) is 11.5 Å². The van der Waals surface area contributed by atoms with Crippen LogP contribution >= 0.6 is 0 Å². The van der Waals surface area contributed by atoms with E-state index < -0.39 is 0 Å². The van der Waals surface area contributed by atoms with Gasteiger partial charge in [-0.15, -0.1) is 0 Å². The average molecular weight is 296 g/mol. The summed E-state index contributed by atoms with van der Waals surface area (Å²) >= 11 is 0. The minimum atomic E-state index is 0.204. The summed E-state index contributed by atoms with van der Waals surface area (Å²) in [6.45, 7) is 8.46. The van der Waals surface area contributed by atoms with Gasteiger partial charge in [0.25, 0.3) is 0 Å². The summed E-state index contributed by atoms with van der Waals surface area (Å²) < 4.78 is 5.92. The van der Waals surface area contributed by atoms with Crippen molar-refractivity contribution in [2.45, 2.75) is 39.5 Å². The van der Waals surface area contributed by atoms with Gasteiger partial charge in [-0.1, -0.05) is 36.9 Å². The minimum absolute atomic E-state index is 0.204. The van der Waals surface area contributed by atoms with E-state index in [-0.39, 0.29) is 5.78 Å². The summed E-state index contributed by atoms with van der Waals surface area (Å²) in [6, 6.07) is 6.19. The first kappa shape index (κ1) is 16.3. The van der Waals surface area contributed by atoms with Gasteiger partial charge in [0.15, 0.2) is 0 Å². The van der Waals surface area contributed by atoms with E-state index >= 15 is 0 Å². The Kier molecular flexibility index (Phi) is 5.76. The highest BCUT2D eigenvalue weighted by Crippen LogP contribution is 2.33. The van der Waals surface area contributed by atoms with Crippen LogP contribution in [0.4, 0.5) is 0 Å². The highest BCUT2D eigenvalue weighted by molar-refractivity contribution is 5.83. The molecule has 0 unspecified atom stereocenters. The molecular formula is C20H24O2. The lowest BCUT2D eigenvalue weighted by Crippen LogP contribution is -2.03. The van der Waals surface area contributed by atoms with E-state index in [1.165, 1.54) is 5.57 Å². The van der Waals surface area contributed by atoms with E-state index in [1.807, 2.05) is 6.07 Å². The van der Waals surface area contributed by atoms with Crippen LogP contribution in [0.1, 0.15) is 43.7 Å². The molecular weight excluding hydrogens is 272 g/mol. The summed E-state index contributed by atoms with van der Waals surface area (Å²) in [6.07, 6.45) is 10.0. The molecule has 0 fully saturated rings. The maximum Gasteiger partial charge on any atom is 0.129 e. The Bertz CT molecular complexity index is 621. The SMILES string of the molecule is C=C(C1=CCCC=C1)c1ccc(C)cc1OCCCC(C)=O. The van der Waals surface area contributed by atoms with E-state index in [4.69, 9.17) is 4.74 Å². The number of hydrogen-bond donors (Lipinski definition) is 0. The fraction of sp³-hybridized carbons (Fsp3) is 0.350. The molecule has 0 saturated heterocycles. The molecule has 2 heteroatoms. The number of rotatable bonds is 7. The molecule has 2 nitrogen and oxygen atoms in total. The van der Waals surface area contributed by atoms with E-state index in [0.29, 0.717) is 13.0 Å². The van der Waals surface area contributed by atoms with E-state index in [0.717, 1.165) is 41.7 Å². The van der Waals surface area contributed by atoms with Crippen LogP contribution in [0.2, 0.25) is 0 Å². The Hall–Kier alpha value is -2.09. The molecule has 0 atom stereocenters. The fourth-order valence-electron chi connectivity index (χ4n) is 2.49. The summed E-state index contributed by atoms with van der Waals surface area (Å²) in [7, 11) is 0. The summed E-state index contributed by atoms with van der Waals surface area (Å²) in [4.78, 5) is 11.0. The molecule has 116 valence electrons. The van der Waals surface area contributed by atoms with Gasteiger partial charge in [0.2, 0.25) is 0 Å². The first-order valence-corrected chi connectivity index (χ1v) is 7.87. The third-order valence-corrected chi connectivity index (χ3v) is 3.74. The molecule has 1 aromatic rings. The molecule has 22 heavy (non-hydrogen) atoms. The van der Waals surface area contributed by atoms with Crippen LogP contribution in [-0.4, -0.2) is 12.4 Å². The van der Waals surface area contributed by atoms with Crippen LogP contribution in [0, 0.1) is 6.92 Å². The number of aryl methyl sites for hydroxylation is 1. The van der Waals surface area contributed by atoms with Gasteiger partial charge in [0, 0.05) is 12.0 Å². The Morgan fingerprint density at radius 3 is 2.82 bits per heavy atom. The molecule has 1 aromatic carbocycles. The molecule has 0 heterocycles. The maximum absolute atomic E-state index is 11.0. The molecule has 0 saturated carbocycles. The molecule has 0 aromatic heterocycles. The zero-order valence-corrected chi connectivity index (χ0v) is 13.5. The third-order valence-electron chi connectivity index (χ3n) is 3.74. The molecule has 0 N–H and O–H groups in total. The smallest absolute Gasteiger partial charge is 0.129 e. The van der Waals surface area contributed by atoms with Gasteiger partial charge in [-0.05, 0) is 55.9 Å².